The Morgan fingerprint density at radius 3 is 2.04 bits per heavy atom. The summed E-state index contributed by atoms with van der Waals surface area (Å²) in [5, 5.41) is 8.55. The first-order chi connectivity index (χ1) is 23.9. The van der Waals surface area contributed by atoms with Crippen molar-refractivity contribution in [2.45, 2.75) is 39.5 Å². The van der Waals surface area contributed by atoms with Gasteiger partial charge in [0.05, 0.1) is 11.3 Å². The maximum Gasteiger partial charge on any atom is 3.00 e. The van der Waals surface area contributed by atoms with Gasteiger partial charge in [0, 0.05) is 22.7 Å². The molecule has 0 saturated heterocycles. The molecule has 6 aromatic carbocycles. The summed E-state index contributed by atoms with van der Waals surface area (Å²) in [7, 11) is 2.00. The van der Waals surface area contributed by atoms with Gasteiger partial charge >= 0.3 is 20.1 Å². The molecule has 0 radical (unpaired) electrons. The van der Waals surface area contributed by atoms with Crippen LogP contribution in [0.2, 0.25) is 0 Å². The minimum atomic E-state index is 0. The van der Waals surface area contributed by atoms with E-state index in [1.54, 1.807) is 0 Å². The van der Waals surface area contributed by atoms with Gasteiger partial charge in [0.25, 0.3) is 0 Å². The average molecular weight is 828 g/mol. The second kappa shape index (κ2) is 13.7. The molecule has 0 unspecified atom stereocenters. The van der Waals surface area contributed by atoms with E-state index in [4.69, 9.17) is 4.98 Å². The fourth-order valence-corrected chi connectivity index (χ4v) is 7.23. The smallest absolute Gasteiger partial charge is 0.510 e. The molecule has 0 amide bonds. The average Bonchev–Trinajstić information content (AvgIpc) is 3.78. The topological polar surface area (TPSA) is 23.8 Å². The van der Waals surface area contributed by atoms with E-state index in [0.29, 0.717) is 11.8 Å². The Labute approximate surface area is 308 Å². The van der Waals surface area contributed by atoms with Gasteiger partial charge in [-0.15, -0.1) is 35.3 Å². The van der Waals surface area contributed by atoms with Crippen molar-refractivity contribution in [1.29, 1.82) is 0 Å². The molecule has 1 aliphatic heterocycles. The molecule has 0 fully saturated rings. The minimum absolute atomic E-state index is 0. The molecule has 0 spiro atoms. The Morgan fingerprint density at radius 2 is 1.32 bits per heavy atom. The van der Waals surface area contributed by atoms with Crippen molar-refractivity contribution in [3.05, 3.63) is 158 Å². The first-order valence-corrected chi connectivity index (χ1v) is 17.1. The van der Waals surface area contributed by atoms with Crippen LogP contribution in [0.1, 0.15) is 50.7 Å². The SMILES string of the molecule is CC(C)c1cccc(C(C)C)c1-c1cn2c(n1)c1[c-]cccc1c1ccc3c4ccccc4ccc3c12.CN1C=CN(c2[c-]cccc2)[CH-]1.[Ir+3]. The quantitative estimate of drug-likeness (QED) is 0.130. The van der Waals surface area contributed by atoms with Gasteiger partial charge in [-0.2, -0.15) is 37.0 Å². The second-order valence-electron chi connectivity index (χ2n) is 13.5. The number of nitrogens with zero attached hydrogens (tertiary/aromatic N) is 4. The monoisotopic (exact) mass is 828 g/mol. The zero-order chi connectivity index (χ0) is 33.6. The summed E-state index contributed by atoms with van der Waals surface area (Å²) in [5.41, 5.74) is 8.25. The van der Waals surface area contributed by atoms with Crippen molar-refractivity contribution in [1.82, 2.24) is 14.3 Å². The summed E-state index contributed by atoms with van der Waals surface area (Å²) >= 11 is 0. The Morgan fingerprint density at radius 1 is 0.640 bits per heavy atom. The van der Waals surface area contributed by atoms with E-state index in [-0.39, 0.29) is 20.1 Å². The normalized spacial score (nSPS) is 12.9. The molecule has 1 aliphatic rings. The molecule has 248 valence electrons. The van der Waals surface area contributed by atoms with E-state index in [2.05, 4.69) is 129 Å². The number of rotatable bonds is 4. The molecule has 9 rings (SSSR count). The summed E-state index contributed by atoms with van der Waals surface area (Å²) in [6, 6.07) is 45.3. The van der Waals surface area contributed by atoms with Gasteiger partial charge in [-0.25, -0.2) is 0 Å². The molecule has 4 nitrogen and oxygen atoms in total. The maximum atomic E-state index is 5.35. The summed E-state index contributed by atoms with van der Waals surface area (Å²) in [6.45, 7) is 11.1. The molecule has 0 saturated carbocycles. The van der Waals surface area contributed by atoms with Crippen molar-refractivity contribution in [3.8, 4) is 11.3 Å². The van der Waals surface area contributed by atoms with E-state index in [1.807, 2.05) is 66.2 Å². The molecule has 5 heteroatoms. The summed E-state index contributed by atoms with van der Waals surface area (Å²) < 4.78 is 2.32. The van der Waals surface area contributed by atoms with Gasteiger partial charge in [0.1, 0.15) is 0 Å². The molecule has 0 N–H and O–H groups in total. The van der Waals surface area contributed by atoms with Crippen LogP contribution >= 0.6 is 0 Å². The molecule has 0 aliphatic carbocycles. The van der Waals surface area contributed by atoms with Crippen LogP contribution in [0.4, 0.5) is 5.69 Å². The molecule has 0 atom stereocenters. The van der Waals surface area contributed by atoms with E-state index >= 15 is 0 Å². The standard InChI is InChI=1S/C35H29N2.C10H10N2.Ir/c1-21(2)24-14-9-15-25(22(3)4)33(24)32-20-37-34-29-17-16-23-10-5-6-11-26(23)28(29)18-19-30(34)27-12-7-8-13-31(27)35(37)36-32;1-11-7-8-12(9-11)10-5-3-2-4-6-10;/h5-12,14-22H,1-4H3;2-5,7-9H,1H3;/q-1;-2;+3. The number of imidazole rings is 1. The fraction of sp³-hybridized carbons (Fsp3) is 0.156. The number of para-hydroxylation sites is 1. The summed E-state index contributed by atoms with van der Waals surface area (Å²) in [6.07, 6.45) is 6.27. The number of anilines is 1. The molecule has 2 aromatic heterocycles. The first-order valence-electron chi connectivity index (χ1n) is 17.1. The number of aromatic nitrogens is 2. The van der Waals surface area contributed by atoms with Crippen LogP contribution in [0.5, 0.6) is 0 Å². The third-order valence-corrected chi connectivity index (χ3v) is 9.58. The van der Waals surface area contributed by atoms with Crippen molar-refractivity contribution in [3.63, 3.8) is 0 Å². The van der Waals surface area contributed by atoms with Crippen LogP contribution < -0.4 is 4.90 Å². The number of hydrogen-bond acceptors (Lipinski definition) is 3. The predicted molar refractivity (Wildman–Crippen MR) is 207 cm³/mol. The fourth-order valence-electron chi connectivity index (χ4n) is 7.23. The minimum Gasteiger partial charge on any atom is -0.510 e. The number of hydrogen-bond donors (Lipinski definition) is 0. The molecule has 0 bridgehead atoms. The van der Waals surface area contributed by atoms with Gasteiger partial charge in [0.2, 0.25) is 0 Å². The molecule has 3 heterocycles. The summed E-state index contributed by atoms with van der Waals surface area (Å²) in [4.78, 5) is 9.38. The summed E-state index contributed by atoms with van der Waals surface area (Å²) in [5.74, 6) is 0.816. The van der Waals surface area contributed by atoms with Crippen molar-refractivity contribution in [2.24, 2.45) is 0 Å². The number of fused-ring (bicyclic) bond motifs is 10. The Hall–Kier alpha value is -4.96. The maximum absolute atomic E-state index is 5.35. The van der Waals surface area contributed by atoms with Crippen molar-refractivity contribution >= 4 is 54.6 Å². The van der Waals surface area contributed by atoms with Crippen molar-refractivity contribution < 1.29 is 20.1 Å². The van der Waals surface area contributed by atoms with Crippen molar-refractivity contribution in [2.75, 3.05) is 11.9 Å². The third kappa shape index (κ3) is 5.85. The Bertz CT molecular complexity index is 2490. The van der Waals surface area contributed by atoms with Gasteiger partial charge in [0.15, 0.2) is 0 Å². The van der Waals surface area contributed by atoms with Crippen LogP contribution in [0, 0.1) is 18.8 Å². The first kappa shape index (κ1) is 33.5. The predicted octanol–water partition coefficient (Wildman–Crippen LogP) is 11.5. The molecule has 8 aromatic rings. The number of pyridine rings is 1. The van der Waals surface area contributed by atoms with Gasteiger partial charge in [-0.05, 0) is 64.0 Å². The largest absolute Gasteiger partial charge is 3.00 e. The number of benzene rings is 6. The van der Waals surface area contributed by atoms with Crippen LogP contribution in [-0.2, 0) is 20.1 Å². The molecular formula is C45H39IrN4. The van der Waals surface area contributed by atoms with Gasteiger partial charge in [-0.3, -0.25) is 4.98 Å². The molecule has 50 heavy (non-hydrogen) atoms. The van der Waals surface area contributed by atoms with Crippen LogP contribution in [-0.4, -0.2) is 21.3 Å². The third-order valence-electron chi connectivity index (χ3n) is 9.58. The van der Waals surface area contributed by atoms with Gasteiger partial charge < -0.3 is 14.2 Å². The van der Waals surface area contributed by atoms with Crippen LogP contribution in [0.3, 0.4) is 0 Å². The Balaban J connectivity index is 0.000000255. The van der Waals surface area contributed by atoms with E-state index in [0.717, 1.165) is 22.4 Å². The second-order valence-corrected chi connectivity index (χ2v) is 13.5. The van der Waals surface area contributed by atoms with E-state index in [9.17, 15) is 0 Å². The Kier molecular flexibility index (Phi) is 9.22. The zero-order valence-electron chi connectivity index (χ0n) is 29.0. The van der Waals surface area contributed by atoms with E-state index < -0.39 is 0 Å². The molecular weight excluding hydrogens is 789 g/mol. The zero-order valence-corrected chi connectivity index (χ0v) is 31.4. The van der Waals surface area contributed by atoms with Gasteiger partial charge in [-0.1, -0.05) is 99.8 Å². The van der Waals surface area contributed by atoms with Crippen LogP contribution in [0.25, 0.3) is 60.1 Å². The van der Waals surface area contributed by atoms with E-state index in [1.165, 1.54) is 54.5 Å². The van der Waals surface area contributed by atoms with Crippen LogP contribution in [0.15, 0.2) is 128 Å².